The third kappa shape index (κ3) is 2.60. The van der Waals surface area contributed by atoms with Crippen molar-refractivity contribution in [3.05, 3.63) is 54.7 Å². The van der Waals surface area contributed by atoms with E-state index in [1.807, 2.05) is 11.3 Å². The molecule has 4 aromatic rings. The summed E-state index contributed by atoms with van der Waals surface area (Å²) >= 11 is 14.7. The molecule has 4 heterocycles. The number of hydrogen-bond acceptors (Lipinski definition) is 4. The highest BCUT2D eigenvalue weighted by Crippen LogP contribution is 2.54. The van der Waals surface area contributed by atoms with Crippen LogP contribution in [0.25, 0.3) is 30.6 Å². The van der Waals surface area contributed by atoms with Crippen LogP contribution in [0.3, 0.4) is 0 Å². The normalized spacial score (nSPS) is 11.2. The summed E-state index contributed by atoms with van der Waals surface area (Å²) in [7, 11) is 0. The van der Waals surface area contributed by atoms with Gasteiger partial charge in [-0.25, -0.2) is 0 Å². The molecule has 0 radical (unpaired) electrons. The van der Waals surface area contributed by atoms with Crippen LogP contribution in [0.2, 0.25) is 0 Å². The lowest BCUT2D eigenvalue weighted by atomic mass is 10.1. The Morgan fingerprint density at radius 2 is 1.36 bits per heavy atom. The fraction of sp³-hybridized carbons (Fsp3) is 0. The van der Waals surface area contributed by atoms with E-state index >= 15 is 0 Å². The van der Waals surface area contributed by atoms with Crippen molar-refractivity contribution in [2.75, 3.05) is 0 Å². The van der Waals surface area contributed by atoms with E-state index in [-0.39, 0.29) is 0 Å². The topological polar surface area (TPSA) is 0 Å². The Morgan fingerprint density at radius 1 is 0.682 bits per heavy atom. The molecule has 0 aliphatic rings. The Kier molecular flexibility index (Phi) is 4.41. The Balaban J connectivity index is 2.05. The van der Waals surface area contributed by atoms with Gasteiger partial charge in [0.15, 0.2) is 0 Å². The second-order valence-corrected chi connectivity index (χ2v) is 10.5. The second-order valence-electron chi connectivity index (χ2n) is 4.51. The van der Waals surface area contributed by atoms with Crippen molar-refractivity contribution in [2.45, 2.75) is 0 Å². The molecule has 0 saturated carbocycles. The molecule has 0 amide bonds. The molecule has 110 valence electrons. The Bertz CT molecular complexity index is 898. The molecule has 4 aromatic heterocycles. The fourth-order valence-corrected chi connectivity index (χ4v) is 7.97. The van der Waals surface area contributed by atoms with Gasteiger partial charge in [-0.3, -0.25) is 0 Å². The smallest absolute Gasteiger partial charge is 0.0798 e. The highest BCUT2D eigenvalue weighted by atomic mass is 79.9. The minimum absolute atomic E-state index is 1.17. The van der Waals surface area contributed by atoms with E-state index in [1.54, 1.807) is 34.0 Å². The van der Waals surface area contributed by atoms with E-state index in [0.29, 0.717) is 0 Å². The molecule has 0 N–H and O–H groups in total. The van der Waals surface area contributed by atoms with Gasteiger partial charge < -0.3 is 0 Å². The van der Waals surface area contributed by atoms with Gasteiger partial charge in [0, 0.05) is 25.4 Å². The molecular weight excluding hydrogens is 480 g/mol. The SMILES string of the molecule is Brc1ccsc1-c1sc(Br)c(-c2cccs2)c1-c1cccs1. The van der Waals surface area contributed by atoms with Crippen LogP contribution >= 0.6 is 77.2 Å². The van der Waals surface area contributed by atoms with Gasteiger partial charge >= 0.3 is 0 Å². The molecule has 0 aromatic carbocycles. The summed E-state index contributed by atoms with van der Waals surface area (Å²) in [5.41, 5.74) is 2.66. The van der Waals surface area contributed by atoms with Crippen LogP contribution in [-0.2, 0) is 0 Å². The highest BCUT2D eigenvalue weighted by Gasteiger charge is 2.23. The minimum atomic E-state index is 1.17. The van der Waals surface area contributed by atoms with Crippen molar-refractivity contribution >= 4 is 77.2 Å². The van der Waals surface area contributed by atoms with E-state index in [4.69, 9.17) is 0 Å². The average molecular weight is 488 g/mol. The van der Waals surface area contributed by atoms with Crippen molar-refractivity contribution < 1.29 is 0 Å². The molecule has 4 rings (SSSR count). The number of halogens is 2. The monoisotopic (exact) mass is 486 g/mol. The maximum Gasteiger partial charge on any atom is 0.0798 e. The van der Waals surface area contributed by atoms with Gasteiger partial charge in [0.05, 0.1) is 13.5 Å². The fourth-order valence-electron chi connectivity index (χ4n) is 2.32. The predicted octanol–water partition coefficient (Wildman–Crippen LogP) is 8.46. The van der Waals surface area contributed by atoms with E-state index in [9.17, 15) is 0 Å². The summed E-state index contributed by atoms with van der Waals surface area (Å²) in [5, 5.41) is 6.42. The van der Waals surface area contributed by atoms with Crippen LogP contribution in [0.4, 0.5) is 0 Å². The standard InChI is InChI=1S/C16H8Br2S4/c17-9-5-8-21-14(9)15-12(10-3-1-6-19-10)13(16(18)22-15)11-4-2-7-20-11/h1-8H. The number of hydrogen-bond donors (Lipinski definition) is 0. The van der Waals surface area contributed by atoms with Crippen molar-refractivity contribution in [1.29, 1.82) is 0 Å². The predicted molar refractivity (Wildman–Crippen MR) is 110 cm³/mol. The molecule has 0 unspecified atom stereocenters. The molecule has 0 aliphatic carbocycles. The molecule has 0 spiro atoms. The first-order chi connectivity index (χ1) is 10.8. The van der Waals surface area contributed by atoms with Crippen molar-refractivity contribution in [3.63, 3.8) is 0 Å². The lowest BCUT2D eigenvalue weighted by Gasteiger charge is -2.04. The van der Waals surface area contributed by atoms with Crippen LogP contribution in [0.5, 0.6) is 0 Å². The van der Waals surface area contributed by atoms with E-state index in [0.717, 1.165) is 0 Å². The molecule has 0 atom stereocenters. The molecular formula is C16H8Br2S4. The van der Waals surface area contributed by atoms with Crippen molar-refractivity contribution in [3.8, 4) is 30.6 Å². The van der Waals surface area contributed by atoms with Crippen molar-refractivity contribution in [1.82, 2.24) is 0 Å². The van der Waals surface area contributed by atoms with Crippen LogP contribution < -0.4 is 0 Å². The van der Waals surface area contributed by atoms with E-state index < -0.39 is 0 Å². The largest absolute Gasteiger partial charge is 0.144 e. The number of rotatable bonds is 3. The summed E-state index contributed by atoms with van der Waals surface area (Å²) in [6.45, 7) is 0. The van der Waals surface area contributed by atoms with Crippen LogP contribution in [0.15, 0.2) is 54.7 Å². The first-order valence-corrected chi connectivity index (χ1v) is 11.4. The Hall–Kier alpha value is -0.240. The first-order valence-electron chi connectivity index (χ1n) is 6.39. The van der Waals surface area contributed by atoms with Crippen LogP contribution in [0, 0.1) is 0 Å². The van der Waals surface area contributed by atoms with Gasteiger partial charge in [0.2, 0.25) is 0 Å². The van der Waals surface area contributed by atoms with Gasteiger partial charge in [-0.1, -0.05) is 12.1 Å². The highest BCUT2D eigenvalue weighted by molar-refractivity contribution is 9.11. The quantitative estimate of drug-likeness (QED) is 0.271. The van der Waals surface area contributed by atoms with Gasteiger partial charge in [0.25, 0.3) is 0 Å². The molecule has 0 aliphatic heterocycles. The van der Waals surface area contributed by atoms with Gasteiger partial charge in [-0.2, -0.15) is 0 Å². The molecule has 0 fully saturated rings. The van der Waals surface area contributed by atoms with E-state index in [2.05, 4.69) is 78.3 Å². The lowest BCUT2D eigenvalue weighted by Crippen LogP contribution is -1.78. The van der Waals surface area contributed by atoms with Gasteiger partial charge in [0.1, 0.15) is 0 Å². The molecule has 0 bridgehead atoms. The zero-order valence-electron chi connectivity index (χ0n) is 11.0. The second kappa shape index (κ2) is 6.34. The van der Waals surface area contributed by atoms with Gasteiger partial charge in [-0.05, 0) is 66.2 Å². The van der Waals surface area contributed by atoms with E-state index in [1.165, 1.54) is 38.9 Å². The summed E-state index contributed by atoms with van der Waals surface area (Å²) < 4.78 is 2.37. The third-order valence-corrected chi connectivity index (χ3v) is 8.86. The zero-order chi connectivity index (χ0) is 15.1. The molecule has 22 heavy (non-hydrogen) atoms. The zero-order valence-corrected chi connectivity index (χ0v) is 17.4. The van der Waals surface area contributed by atoms with Gasteiger partial charge in [-0.15, -0.1) is 45.3 Å². The summed E-state index contributed by atoms with van der Waals surface area (Å²) in [6.07, 6.45) is 0. The average Bonchev–Trinajstić information content (AvgIpc) is 3.24. The summed E-state index contributed by atoms with van der Waals surface area (Å²) in [5.74, 6) is 0. The first kappa shape index (κ1) is 15.3. The maximum absolute atomic E-state index is 3.80. The summed E-state index contributed by atoms with van der Waals surface area (Å²) in [6, 6.07) is 10.8. The molecule has 0 nitrogen and oxygen atoms in total. The van der Waals surface area contributed by atoms with Crippen LogP contribution in [0.1, 0.15) is 0 Å². The van der Waals surface area contributed by atoms with Crippen LogP contribution in [-0.4, -0.2) is 0 Å². The Labute approximate surface area is 161 Å². The van der Waals surface area contributed by atoms with Crippen molar-refractivity contribution in [2.24, 2.45) is 0 Å². The number of thiophene rings is 4. The molecule has 6 heteroatoms. The minimum Gasteiger partial charge on any atom is -0.144 e. The summed E-state index contributed by atoms with van der Waals surface area (Å²) in [4.78, 5) is 5.27. The maximum atomic E-state index is 3.80. The third-order valence-electron chi connectivity index (χ3n) is 3.22. The Morgan fingerprint density at radius 3 is 1.91 bits per heavy atom. The molecule has 0 saturated heterocycles. The lowest BCUT2D eigenvalue weighted by molar-refractivity contribution is 1.79.